The fourth-order valence-corrected chi connectivity index (χ4v) is 2.90. The van der Waals surface area contributed by atoms with Crippen molar-refractivity contribution in [2.45, 2.75) is 32.1 Å². The highest BCUT2D eigenvalue weighted by Crippen LogP contribution is 2.28. The maximum Gasteiger partial charge on any atom is 0.311 e. The molecule has 0 saturated carbocycles. The van der Waals surface area contributed by atoms with Crippen LogP contribution in [0.2, 0.25) is 0 Å². The van der Waals surface area contributed by atoms with Crippen molar-refractivity contribution in [2.75, 3.05) is 19.7 Å². The summed E-state index contributed by atoms with van der Waals surface area (Å²) >= 11 is 0. The van der Waals surface area contributed by atoms with E-state index in [9.17, 15) is 14.9 Å². The van der Waals surface area contributed by atoms with Crippen LogP contribution in [0.25, 0.3) is 0 Å². The van der Waals surface area contributed by atoms with Gasteiger partial charge >= 0.3 is 5.69 Å². The van der Waals surface area contributed by atoms with Crippen LogP contribution >= 0.6 is 0 Å². The second-order valence-corrected chi connectivity index (χ2v) is 6.60. The summed E-state index contributed by atoms with van der Waals surface area (Å²) in [6, 6.07) is 14.9. The number of carbonyl (C=O) groups is 1. The molecule has 0 aromatic heterocycles. The van der Waals surface area contributed by atoms with Crippen molar-refractivity contribution in [1.82, 2.24) is 5.32 Å². The number of hydrogen-bond acceptors (Lipinski definition) is 5. The quantitative estimate of drug-likeness (QED) is 0.313. The van der Waals surface area contributed by atoms with Crippen LogP contribution < -0.4 is 15.8 Å². The number of aryl methyl sites for hydroxylation is 1. The Labute approximate surface area is 165 Å². The van der Waals surface area contributed by atoms with E-state index in [-0.39, 0.29) is 17.9 Å². The Hall–Kier alpha value is -2.93. The number of unbranched alkanes of at least 4 members (excludes halogenated alkanes) is 2. The minimum atomic E-state index is -0.532. The average molecular weight is 385 g/mol. The summed E-state index contributed by atoms with van der Waals surface area (Å²) in [4.78, 5) is 21.6. The van der Waals surface area contributed by atoms with E-state index in [1.54, 1.807) is 6.07 Å². The summed E-state index contributed by atoms with van der Waals surface area (Å²) in [7, 11) is 0. The molecule has 7 heteroatoms. The molecule has 0 heterocycles. The number of carbonyl (C=O) groups excluding carboxylic acids is 1. The van der Waals surface area contributed by atoms with Crippen molar-refractivity contribution in [3.05, 3.63) is 69.8 Å². The molecule has 7 nitrogen and oxygen atoms in total. The molecule has 0 fully saturated rings. The average Bonchev–Trinajstić information content (AvgIpc) is 2.67. The molecule has 0 spiro atoms. The van der Waals surface area contributed by atoms with Gasteiger partial charge < -0.3 is 15.8 Å². The molecule has 2 aromatic rings. The molecule has 0 unspecified atom stereocenters. The van der Waals surface area contributed by atoms with Gasteiger partial charge in [-0.2, -0.15) is 0 Å². The predicted octanol–water partition coefficient (Wildman–Crippen LogP) is 3.00. The fourth-order valence-electron chi connectivity index (χ4n) is 2.90. The van der Waals surface area contributed by atoms with E-state index in [0.717, 1.165) is 32.2 Å². The van der Waals surface area contributed by atoms with E-state index < -0.39 is 10.8 Å². The first kappa shape index (κ1) is 21.4. The lowest BCUT2D eigenvalue weighted by molar-refractivity contribution is -0.385. The topological polar surface area (TPSA) is 107 Å². The molecule has 2 aromatic carbocycles. The van der Waals surface area contributed by atoms with Crippen LogP contribution in [0.15, 0.2) is 48.5 Å². The lowest BCUT2D eigenvalue weighted by Gasteiger charge is -2.09. The molecule has 0 bridgehead atoms. The van der Waals surface area contributed by atoms with E-state index in [2.05, 4.69) is 29.6 Å². The molecule has 28 heavy (non-hydrogen) atoms. The lowest BCUT2D eigenvalue weighted by Crippen LogP contribution is -2.22. The van der Waals surface area contributed by atoms with Crippen LogP contribution in [0.5, 0.6) is 5.75 Å². The lowest BCUT2D eigenvalue weighted by atomic mass is 10.1. The second kappa shape index (κ2) is 11.7. The highest BCUT2D eigenvalue weighted by molar-refractivity contribution is 5.77. The first-order valence-electron chi connectivity index (χ1n) is 9.49. The summed E-state index contributed by atoms with van der Waals surface area (Å²) < 4.78 is 5.52. The van der Waals surface area contributed by atoms with Crippen LogP contribution in [-0.2, 0) is 17.6 Å². The number of nitrogens with two attached hydrogens (primary N) is 1. The summed E-state index contributed by atoms with van der Waals surface area (Å²) in [6.45, 7) is 1.83. The fraction of sp³-hybridized carbons (Fsp3) is 0.381. The largest absolute Gasteiger partial charge is 0.485 e. The Bertz CT molecular complexity index is 766. The number of rotatable bonds is 13. The minimum Gasteiger partial charge on any atom is -0.485 e. The van der Waals surface area contributed by atoms with E-state index in [4.69, 9.17) is 10.5 Å². The number of hydrogen-bond donors (Lipinski definition) is 2. The summed E-state index contributed by atoms with van der Waals surface area (Å²) in [5.41, 5.74) is 6.84. The van der Waals surface area contributed by atoms with Gasteiger partial charge in [0.15, 0.2) is 5.75 Å². The number of benzene rings is 2. The summed E-state index contributed by atoms with van der Waals surface area (Å²) in [5, 5.41) is 14.5. The molecule has 0 atom stereocenters. The third kappa shape index (κ3) is 7.75. The Morgan fingerprint density at radius 1 is 1.04 bits per heavy atom. The molecular formula is C21H27N3O4. The van der Waals surface area contributed by atoms with Crippen molar-refractivity contribution in [3.63, 3.8) is 0 Å². The van der Waals surface area contributed by atoms with Gasteiger partial charge in [-0.3, -0.25) is 14.9 Å². The van der Waals surface area contributed by atoms with Gasteiger partial charge in [-0.15, -0.1) is 0 Å². The SMILES string of the molecule is NC(=O)Cc1ccc(OCCNCCCCCc2ccccc2)c([N+](=O)[O-])c1. The predicted molar refractivity (Wildman–Crippen MR) is 108 cm³/mol. The zero-order valence-corrected chi connectivity index (χ0v) is 15.9. The molecule has 0 aliphatic heterocycles. The van der Waals surface area contributed by atoms with Crippen molar-refractivity contribution in [2.24, 2.45) is 5.73 Å². The van der Waals surface area contributed by atoms with E-state index >= 15 is 0 Å². The number of primary amides is 1. The number of nitro benzene ring substituents is 1. The zero-order chi connectivity index (χ0) is 20.2. The monoisotopic (exact) mass is 385 g/mol. The normalized spacial score (nSPS) is 10.6. The molecule has 3 N–H and O–H groups in total. The van der Waals surface area contributed by atoms with E-state index in [1.165, 1.54) is 17.7 Å². The number of nitro groups is 1. The standard InChI is InChI=1S/C21H27N3O4/c22-21(25)16-18-10-11-20(19(15-18)24(26)27)28-14-13-23-12-6-2-5-9-17-7-3-1-4-8-17/h1,3-4,7-8,10-11,15,23H,2,5-6,9,12-14,16H2,(H2,22,25). The molecule has 0 radical (unpaired) electrons. The summed E-state index contributed by atoms with van der Waals surface area (Å²) in [5.74, 6) is -0.334. The molecule has 1 amide bonds. The minimum absolute atomic E-state index is 0.0348. The van der Waals surface area contributed by atoms with Crippen molar-refractivity contribution in [3.8, 4) is 5.75 Å². The summed E-state index contributed by atoms with van der Waals surface area (Å²) in [6.07, 6.45) is 4.45. The van der Waals surface area contributed by atoms with E-state index in [1.807, 2.05) is 6.07 Å². The highest BCUT2D eigenvalue weighted by Gasteiger charge is 2.16. The van der Waals surface area contributed by atoms with Crippen molar-refractivity contribution < 1.29 is 14.5 Å². The Kier molecular flexibility index (Phi) is 8.94. The highest BCUT2D eigenvalue weighted by atomic mass is 16.6. The van der Waals surface area contributed by atoms with Gasteiger partial charge in [-0.05, 0) is 43.0 Å². The molecule has 0 saturated heterocycles. The van der Waals surface area contributed by atoms with Crippen LogP contribution in [0, 0.1) is 10.1 Å². The van der Waals surface area contributed by atoms with Crippen LogP contribution in [0.1, 0.15) is 30.4 Å². The number of nitrogens with zero attached hydrogens (tertiary/aromatic N) is 1. The smallest absolute Gasteiger partial charge is 0.311 e. The first-order valence-corrected chi connectivity index (χ1v) is 9.49. The van der Waals surface area contributed by atoms with Crippen LogP contribution in [0.3, 0.4) is 0 Å². The third-order valence-electron chi connectivity index (χ3n) is 4.30. The first-order chi connectivity index (χ1) is 13.6. The molecule has 150 valence electrons. The van der Waals surface area contributed by atoms with Crippen LogP contribution in [-0.4, -0.2) is 30.5 Å². The van der Waals surface area contributed by atoms with E-state index in [0.29, 0.717) is 18.7 Å². The van der Waals surface area contributed by atoms with Gasteiger partial charge in [-0.1, -0.05) is 42.8 Å². The Balaban J connectivity index is 1.62. The zero-order valence-electron chi connectivity index (χ0n) is 15.9. The van der Waals surface area contributed by atoms with Gasteiger partial charge in [0.25, 0.3) is 0 Å². The third-order valence-corrected chi connectivity index (χ3v) is 4.30. The molecule has 0 aliphatic rings. The van der Waals surface area contributed by atoms with Crippen molar-refractivity contribution in [1.29, 1.82) is 0 Å². The van der Waals surface area contributed by atoms with Gasteiger partial charge in [0.2, 0.25) is 5.91 Å². The van der Waals surface area contributed by atoms with Crippen molar-refractivity contribution >= 4 is 11.6 Å². The Morgan fingerprint density at radius 3 is 2.54 bits per heavy atom. The maximum atomic E-state index is 11.2. The molecule has 0 aliphatic carbocycles. The number of ether oxygens (including phenoxy) is 1. The van der Waals surface area contributed by atoms with Crippen LogP contribution in [0.4, 0.5) is 5.69 Å². The number of amides is 1. The molecule has 2 rings (SSSR count). The maximum absolute atomic E-state index is 11.2. The Morgan fingerprint density at radius 2 is 1.82 bits per heavy atom. The number of nitrogens with one attached hydrogen (secondary N) is 1. The van der Waals surface area contributed by atoms with Gasteiger partial charge in [0, 0.05) is 12.6 Å². The van der Waals surface area contributed by atoms with Gasteiger partial charge in [0.1, 0.15) is 6.61 Å². The van der Waals surface area contributed by atoms with Gasteiger partial charge in [0.05, 0.1) is 11.3 Å². The molecular weight excluding hydrogens is 358 g/mol. The van der Waals surface area contributed by atoms with Gasteiger partial charge in [-0.25, -0.2) is 0 Å². The second-order valence-electron chi connectivity index (χ2n) is 6.60.